The van der Waals surface area contributed by atoms with Gasteiger partial charge in [-0.1, -0.05) is 19.1 Å². The molecule has 0 aliphatic carbocycles. The third-order valence-electron chi connectivity index (χ3n) is 3.02. The molecule has 0 saturated heterocycles. The van der Waals surface area contributed by atoms with Crippen molar-refractivity contribution in [3.8, 4) is 0 Å². The molecule has 1 rings (SSSR count). The number of aliphatic hydroxyl groups is 1. The van der Waals surface area contributed by atoms with Crippen LogP contribution in [0.2, 0.25) is 0 Å². The molecule has 0 bridgehead atoms. The zero-order valence-corrected chi connectivity index (χ0v) is 10.2. The third kappa shape index (κ3) is 3.84. The molecule has 1 aromatic carbocycles. The summed E-state index contributed by atoms with van der Waals surface area (Å²) < 4.78 is 0. The van der Waals surface area contributed by atoms with Crippen molar-refractivity contribution in [3.63, 3.8) is 0 Å². The zero-order chi connectivity index (χ0) is 12.9. The van der Waals surface area contributed by atoms with Gasteiger partial charge in [0.05, 0.1) is 12.2 Å². The molecule has 0 aliphatic rings. The Labute approximate surface area is 101 Å². The Morgan fingerprint density at radius 3 is 2.71 bits per heavy atom. The summed E-state index contributed by atoms with van der Waals surface area (Å²) >= 11 is 0. The fourth-order valence-corrected chi connectivity index (χ4v) is 1.42. The van der Waals surface area contributed by atoms with Gasteiger partial charge in [-0.05, 0) is 31.0 Å². The lowest BCUT2D eigenvalue weighted by Crippen LogP contribution is -2.44. The molecule has 4 nitrogen and oxygen atoms in total. The van der Waals surface area contributed by atoms with Crippen molar-refractivity contribution in [1.82, 2.24) is 5.32 Å². The molecule has 17 heavy (non-hydrogen) atoms. The lowest BCUT2D eigenvalue weighted by Gasteiger charge is -2.27. The summed E-state index contributed by atoms with van der Waals surface area (Å²) in [6.07, 6.45) is 0.808. The maximum Gasteiger partial charge on any atom is 0.335 e. The van der Waals surface area contributed by atoms with Crippen LogP contribution in [0.3, 0.4) is 0 Å². The predicted octanol–water partition coefficient (Wildman–Crippen LogP) is 1.64. The fraction of sp³-hybridized carbons (Fsp3) is 0.462. The Kier molecular flexibility index (Phi) is 4.66. The first-order valence-electron chi connectivity index (χ1n) is 5.69. The van der Waals surface area contributed by atoms with Crippen LogP contribution < -0.4 is 5.32 Å². The van der Waals surface area contributed by atoms with Crippen LogP contribution in [0.5, 0.6) is 0 Å². The lowest BCUT2D eigenvalue weighted by atomic mass is 9.99. The number of hydrogen-bond acceptors (Lipinski definition) is 3. The molecule has 0 spiro atoms. The number of benzene rings is 1. The predicted molar refractivity (Wildman–Crippen MR) is 66.0 cm³/mol. The van der Waals surface area contributed by atoms with Gasteiger partial charge in [0, 0.05) is 12.1 Å². The van der Waals surface area contributed by atoms with Gasteiger partial charge in [0.1, 0.15) is 0 Å². The number of carboxylic acid groups (broad SMARTS) is 1. The first-order valence-corrected chi connectivity index (χ1v) is 5.69. The Morgan fingerprint density at radius 2 is 2.18 bits per heavy atom. The van der Waals surface area contributed by atoms with E-state index in [0.717, 1.165) is 12.0 Å². The molecule has 0 fully saturated rings. The number of carboxylic acids is 1. The molecule has 1 atom stereocenters. The molecule has 0 heterocycles. The van der Waals surface area contributed by atoms with Crippen molar-refractivity contribution in [3.05, 3.63) is 35.4 Å². The van der Waals surface area contributed by atoms with Crippen molar-refractivity contribution in [2.45, 2.75) is 32.4 Å². The van der Waals surface area contributed by atoms with E-state index >= 15 is 0 Å². The van der Waals surface area contributed by atoms with E-state index in [4.69, 9.17) is 5.11 Å². The van der Waals surface area contributed by atoms with Gasteiger partial charge in [-0.25, -0.2) is 4.79 Å². The average molecular weight is 237 g/mol. The first-order chi connectivity index (χ1) is 8.00. The highest BCUT2D eigenvalue weighted by Crippen LogP contribution is 2.11. The standard InChI is InChI=1S/C13H19NO3/c1-3-13(2,9-15)14-8-10-5-4-6-11(7-10)12(16)17/h4-7,14-15H,3,8-9H2,1-2H3,(H,16,17). The minimum atomic E-state index is -0.924. The molecule has 1 unspecified atom stereocenters. The second-order valence-electron chi connectivity index (χ2n) is 4.43. The summed E-state index contributed by atoms with van der Waals surface area (Å²) in [5.74, 6) is -0.924. The van der Waals surface area contributed by atoms with Gasteiger partial charge in [-0.2, -0.15) is 0 Å². The lowest BCUT2D eigenvalue weighted by molar-refractivity contribution is 0.0696. The van der Waals surface area contributed by atoms with E-state index in [0.29, 0.717) is 6.54 Å². The van der Waals surface area contributed by atoms with Gasteiger partial charge < -0.3 is 15.5 Å². The van der Waals surface area contributed by atoms with Crippen LogP contribution in [0, 0.1) is 0 Å². The van der Waals surface area contributed by atoms with Gasteiger partial charge in [-0.15, -0.1) is 0 Å². The number of nitrogens with one attached hydrogen (secondary N) is 1. The summed E-state index contributed by atoms with van der Waals surface area (Å²) in [5.41, 5.74) is 0.865. The monoisotopic (exact) mass is 237 g/mol. The van der Waals surface area contributed by atoms with E-state index in [2.05, 4.69) is 5.32 Å². The van der Waals surface area contributed by atoms with Gasteiger partial charge >= 0.3 is 5.97 Å². The van der Waals surface area contributed by atoms with E-state index in [9.17, 15) is 9.90 Å². The highest BCUT2D eigenvalue weighted by atomic mass is 16.4. The maximum atomic E-state index is 10.8. The molecule has 3 N–H and O–H groups in total. The quantitative estimate of drug-likeness (QED) is 0.703. The minimum Gasteiger partial charge on any atom is -0.478 e. The zero-order valence-electron chi connectivity index (χ0n) is 10.2. The van der Waals surface area contributed by atoms with Crippen LogP contribution in [-0.4, -0.2) is 28.3 Å². The van der Waals surface area contributed by atoms with E-state index in [1.807, 2.05) is 19.9 Å². The Hall–Kier alpha value is -1.39. The summed E-state index contributed by atoms with van der Waals surface area (Å²) in [4.78, 5) is 10.8. The van der Waals surface area contributed by atoms with E-state index in [-0.39, 0.29) is 17.7 Å². The molecule has 0 saturated carbocycles. The van der Waals surface area contributed by atoms with E-state index < -0.39 is 5.97 Å². The van der Waals surface area contributed by atoms with Crippen LogP contribution in [0.1, 0.15) is 36.2 Å². The van der Waals surface area contributed by atoms with Crippen molar-refractivity contribution >= 4 is 5.97 Å². The maximum absolute atomic E-state index is 10.8. The molecule has 4 heteroatoms. The van der Waals surface area contributed by atoms with Crippen molar-refractivity contribution < 1.29 is 15.0 Å². The van der Waals surface area contributed by atoms with Crippen LogP contribution in [0.4, 0.5) is 0 Å². The van der Waals surface area contributed by atoms with Crippen molar-refractivity contribution in [1.29, 1.82) is 0 Å². The normalized spacial score (nSPS) is 14.3. The molecule has 94 valence electrons. The second-order valence-corrected chi connectivity index (χ2v) is 4.43. The van der Waals surface area contributed by atoms with Crippen LogP contribution >= 0.6 is 0 Å². The van der Waals surface area contributed by atoms with Crippen molar-refractivity contribution in [2.24, 2.45) is 0 Å². The molecule has 1 aromatic rings. The van der Waals surface area contributed by atoms with E-state index in [1.54, 1.807) is 18.2 Å². The number of hydrogen-bond donors (Lipinski definition) is 3. The largest absolute Gasteiger partial charge is 0.478 e. The third-order valence-corrected chi connectivity index (χ3v) is 3.02. The van der Waals surface area contributed by atoms with Crippen LogP contribution in [0.15, 0.2) is 24.3 Å². The molecule has 0 aromatic heterocycles. The molecule has 0 aliphatic heterocycles. The Bertz CT molecular complexity index is 386. The van der Waals surface area contributed by atoms with E-state index in [1.165, 1.54) is 0 Å². The highest BCUT2D eigenvalue weighted by molar-refractivity contribution is 5.87. The summed E-state index contributed by atoms with van der Waals surface area (Å²) in [7, 11) is 0. The molecular weight excluding hydrogens is 218 g/mol. The topological polar surface area (TPSA) is 69.6 Å². The van der Waals surface area contributed by atoms with Gasteiger partial charge in [0.2, 0.25) is 0 Å². The molecule has 0 radical (unpaired) electrons. The van der Waals surface area contributed by atoms with Crippen LogP contribution in [-0.2, 0) is 6.54 Å². The summed E-state index contributed by atoms with van der Waals surface area (Å²) in [5, 5.41) is 21.4. The van der Waals surface area contributed by atoms with Gasteiger partial charge in [0.15, 0.2) is 0 Å². The smallest absolute Gasteiger partial charge is 0.335 e. The Balaban J connectivity index is 2.69. The first kappa shape index (κ1) is 13.7. The van der Waals surface area contributed by atoms with Crippen LogP contribution in [0.25, 0.3) is 0 Å². The van der Waals surface area contributed by atoms with Gasteiger partial charge in [-0.3, -0.25) is 0 Å². The second kappa shape index (κ2) is 5.80. The summed E-state index contributed by atoms with van der Waals surface area (Å²) in [6.45, 7) is 4.54. The fourth-order valence-electron chi connectivity index (χ4n) is 1.42. The van der Waals surface area contributed by atoms with Gasteiger partial charge in [0.25, 0.3) is 0 Å². The molecular formula is C13H19NO3. The summed E-state index contributed by atoms with van der Waals surface area (Å²) in [6, 6.07) is 6.80. The highest BCUT2D eigenvalue weighted by Gasteiger charge is 2.19. The average Bonchev–Trinajstić information content (AvgIpc) is 2.36. The number of carbonyl (C=O) groups is 1. The number of aliphatic hydroxyl groups excluding tert-OH is 1. The molecule has 0 amide bonds. The minimum absolute atomic E-state index is 0.0577. The van der Waals surface area contributed by atoms with Crippen molar-refractivity contribution in [2.75, 3.05) is 6.61 Å². The SMILES string of the molecule is CCC(C)(CO)NCc1cccc(C(=O)O)c1. The Morgan fingerprint density at radius 1 is 1.47 bits per heavy atom. The number of aromatic carboxylic acids is 1. The number of rotatable bonds is 6.